The summed E-state index contributed by atoms with van der Waals surface area (Å²) in [7, 11) is 1.72. The number of aryl methyl sites for hydroxylation is 2. The van der Waals surface area contributed by atoms with E-state index in [0.29, 0.717) is 0 Å². The van der Waals surface area contributed by atoms with E-state index in [-0.39, 0.29) is 0 Å². The molecule has 2 rings (SSSR count). The minimum Gasteiger partial charge on any atom is -0.496 e. The van der Waals surface area contributed by atoms with Crippen molar-refractivity contribution >= 4 is 21.6 Å². The minimum absolute atomic E-state index is 0.798. The Morgan fingerprint density at radius 2 is 1.75 bits per heavy atom. The largest absolute Gasteiger partial charge is 0.496 e. The molecule has 0 heterocycles. The molecule has 0 radical (unpaired) electrons. The molecule has 2 nitrogen and oxygen atoms in total. The predicted molar refractivity (Wildman–Crippen MR) is 88.7 cm³/mol. The van der Waals surface area contributed by atoms with Gasteiger partial charge in [-0.2, -0.15) is 0 Å². The lowest BCUT2D eigenvalue weighted by Gasteiger charge is -2.15. The van der Waals surface area contributed by atoms with E-state index in [1.54, 1.807) is 7.11 Å². The number of hydrogen-bond acceptors (Lipinski definition) is 2. The number of methoxy groups -OCH3 is 1. The van der Waals surface area contributed by atoms with Gasteiger partial charge in [0.25, 0.3) is 0 Å². The van der Waals surface area contributed by atoms with Crippen molar-refractivity contribution in [1.29, 1.82) is 0 Å². The SMILES string of the molecule is COc1c(C)ccc(NCc2ccc(C)c(Br)c2)c1C. The first-order valence-electron chi connectivity index (χ1n) is 6.66. The van der Waals surface area contributed by atoms with Gasteiger partial charge in [0.05, 0.1) is 7.11 Å². The van der Waals surface area contributed by atoms with Gasteiger partial charge in [-0.25, -0.2) is 0 Å². The van der Waals surface area contributed by atoms with Gasteiger partial charge in [0.2, 0.25) is 0 Å². The molecule has 0 spiro atoms. The lowest BCUT2D eigenvalue weighted by atomic mass is 10.1. The third-order valence-electron chi connectivity index (χ3n) is 3.53. The molecule has 0 amide bonds. The van der Waals surface area contributed by atoms with Crippen LogP contribution in [-0.2, 0) is 6.54 Å². The first kappa shape index (κ1) is 14.9. The van der Waals surface area contributed by atoms with Crippen molar-refractivity contribution in [2.24, 2.45) is 0 Å². The van der Waals surface area contributed by atoms with Gasteiger partial charge >= 0.3 is 0 Å². The number of rotatable bonds is 4. The molecule has 0 unspecified atom stereocenters. The van der Waals surface area contributed by atoms with Gasteiger partial charge < -0.3 is 10.1 Å². The minimum atomic E-state index is 0.798. The molecule has 0 atom stereocenters. The van der Waals surface area contributed by atoms with E-state index < -0.39 is 0 Å². The summed E-state index contributed by atoms with van der Waals surface area (Å²) in [5, 5.41) is 3.48. The quantitative estimate of drug-likeness (QED) is 0.850. The summed E-state index contributed by atoms with van der Waals surface area (Å²) in [4.78, 5) is 0. The van der Waals surface area contributed by atoms with Crippen LogP contribution in [0.2, 0.25) is 0 Å². The molecular formula is C17H20BrNO. The lowest BCUT2D eigenvalue weighted by Crippen LogP contribution is -2.03. The van der Waals surface area contributed by atoms with Crippen molar-refractivity contribution in [3.05, 3.63) is 57.1 Å². The van der Waals surface area contributed by atoms with Crippen LogP contribution in [0.4, 0.5) is 5.69 Å². The molecule has 106 valence electrons. The number of halogens is 1. The van der Waals surface area contributed by atoms with Crippen molar-refractivity contribution in [1.82, 2.24) is 0 Å². The van der Waals surface area contributed by atoms with Crippen LogP contribution in [0.5, 0.6) is 5.75 Å². The van der Waals surface area contributed by atoms with Crippen LogP contribution >= 0.6 is 15.9 Å². The van der Waals surface area contributed by atoms with E-state index >= 15 is 0 Å². The fourth-order valence-electron chi connectivity index (χ4n) is 2.28. The molecule has 3 heteroatoms. The molecule has 0 saturated carbocycles. The van der Waals surface area contributed by atoms with Crippen molar-refractivity contribution in [2.75, 3.05) is 12.4 Å². The zero-order valence-corrected chi connectivity index (χ0v) is 14.0. The van der Waals surface area contributed by atoms with Gasteiger partial charge in [-0.15, -0.1) is 0 Å². The van der Waals surface area contributed by atoms with E-state index in [2.05, 4.69) is 72.3 Å². The van der Waals surface area contributed by atoms with E-state index in [1.807, 2.05) is 0 Å². The first-order chi connectivity index (χ1) is 9.52. The standard InChI is InChI=1S/C17H20BrNO/c1-11-5-7-14(9-15(11)18)10-19-16-8-6-12(2)17(20-4)13(16)3/h5-9,19H,10H2,1-4H3. The zero-order chi connectivity index (χ0) is 14.7. The molecular weight excluding hydrogens is 314 g/mol. The van der Waals surface area contributed by atoms with Crippen LogP contribution in [0.3, 0.4) is 0 Å². The normalized spacial score (nSPS) is 10.4. The molecule has 0 bridgehead atoms. The van der Waals surface area contributed by atoms with Gasteiger partial charge in [-0.05, 0) is 49.6 Å². The Kier molecular flexibility index (Phi) is 4.71. The molecule has 0 aliphatic carbocycles. The zero-order valence-electron chi connectivity index (χ0n) is 12.4. The smallest absolute Gasteiger partial charge is 0.126 e. The number of nitrogens with one attached hydrogen (secondary N) is 1. The number of benzene rings is 2. The molecule has 0 fully saturated rings. The monoisotopic (exact) mass is 333 g/mol. The molecule has 1 N–H and O–H groups in total. The third-order valence-corrected chi connectivity index (χ3v) is 4.38. The topological polar surface area (TPSA) is 21.3 Å². The molecule has 0 aliphatic heterocycles. The fourth-order valence-corrected chi connectivity index (χ4v) is 2.70. The highest BCUT2D eigenvalue weighted by Crippen LogP contribution is 2.29. The van der Waals surface area contributed by atoms with Gasteiger partial charge in [0.1, 0.15) is 5.75 Å². The second-order valence-electron chi connectivity index (χ2n) is 5.03. The van der Waals surface area contributed by atoms with Gasteiger partial charge in [0.15, 0.2) is 0 Å². The Hall–Kier alpha value is -1.48. The lowest BCUT2D eigenvalue weighted by molar-refractivity contribution is 0.409. The van der Waals surface area contributed by atoms with E-state index in [4.69, 9.17) is 4.74 Å². The first-order valence-corrected chi connectivity index (χ1v) is 7.45. The fraction of sp³-hybridized carbons (Fsp3) is 0.294. The number of anilines is 1. The summed E-state index contributed by atoms with van der Waals surface area (Å²) in [6, 6.07) is 10.6. The summed E-state index contributed by atoms with van der Waals surface area (Å²) in [5.74, 6) is 0.958. The molecule has 0 aliphatic rings. The van der Waals surface area contributed by atoms with Crippen molar-refractivity contribution in [2.45, 2.75) is 27.3 Å². The summed E-state index contributed by atoms with van der Waals surface area (Å²) in [5.41, 5.74) is 5.93. The molecule has 20 heavy (non-hydrogen) atoms. The molecule has 2 aromatic rings. The summed E-state index contributed by atoms with van der Waals surface area (Å²) in [6.07, 6.45) is 0. The number of ether oxygens (including phenoxy) is 1. The Balaban J connectivity index is 2.16. The van der Waals surface area contributed by atoms with E-state index in [1.165, 1.54) is 11.1 Å². The van der Waals surface area contributed by atoms with Gasteiger partial charge in [-0.1, -0.05) is 34.1 Å². The van der Waals surface area contributed by atoms with Crippen LogP contribution in [0.15, 0.2) is 34.8 Å². The van der Waals surface area contributed by atoms with Crippen molar-refractivity contribution in [3.63, 3.8) is 0 Å². The maximum atomic E-state index is 5.46. The van der Waals surface area contributed by atoms with Crippen LogP contribution < -0.4 is 10.1 Å². The van der Waals surface area contributed by atoms with E-state index in [9.17, 15) is 0 Å². The Bertz CT molecular complexity index is 623. The summed E-state index contributed by atoms with van der Waals surface area (Å²) >= 11 is 3.57. The van der Waals surface area contributed by atoms with Crippen LogP contribution in [-0.4, -0.2) is 7.11 Å². The van der Waals surface area contributed by atoms with Crippen molar-refractivity contribution < 1.29 is 4.74 Å². The van der Waals surface area contributed by atoms with Crippen LogP contribution in [0, 0.1) is 20.8 Å². The van der Waals surface area contributed by atoms with Crippen molar-refractivity contribution in [3.8, 4) is 5.75 Å². The van der Waals surface area contributed by atoms with Gasteiger partial charge in [-0.3, -0.25) is 0 Å². The highest BCUT2D eigenvalue weighted by Gasteiger charge is 2.07. The molecule has 0 aromatic heterocycles. The third kappa shape index (κ3) is 3.15. The number of hydrogen-bond donors (Lipinski definition) is 1. The van der Waals surface area contributed by atoms with Crippen LogP contribution in [0.25, 0.3) is 0 Å². The maximum Gasteiger partial charge on any atom is 0.126 e. The van der Waals surface area contributed by atoms with Crippen LogP contribution in [0.1, 0.15) is 22.3 Å². The Labute approximate surface area is 129 Å². The second kappa shape index (κ2) is 6.31. The summed E-state index contributed by atoms with van der Waals surface area (Å²) < 4.78 is 6.60. The maximum absolute atomic E-state index is 5.46. The average molecular weight is 334 g/mol. The summed E-state index contributed by atoms with van der Waals surface area (Å²) in [6.45, 7) is 7.04. The van der Waals surface area contributed by atoms with E-state index in [0.717, 1.165) is 33.6 Å². The average Bonchev–Trinajstić information content (AvgIpc) is 2.42. The second-order valence-corrected chi connectivity index (χ2v) is 5.88. The highest BCUT2D eigenvalue weighted by atomic mass is 79.9. The Morgan fingerprint density at radius 1 is 1.05 bits per heavy atom. The molecule has 2 aromatic carbocycles. The predicted octanol–water partition coefficient (Wildman–Crippen LogP) is 5.00. The molecule has 0 saturated heterocycles. The van der Waals surface area contributed by atoms with Gasteiger partial charge in [0, 0.05) is 22.3 Å². The Morgan fingerprint density at radius 3 is 2.40 bits per heavy atom. The highest BCUT2D eigenvalue weighted by molar-refractivity contribution is 9.10.